The van der Waals surface area contributed by atoms with E-state index in [9.17, 15) is 0 Å². The van der Waals surface area contributed by atoms with Crippen molar-refractivity contribution < 1.29 is 4.52 Å². The zero-order valence-electron chi connectivity index (χ0n) is 12.8. The Labute approximate surface area is 141 Å². The van der Waals surface area contributed by atoms with Gasteiger partial charge >= 0.3 is 0 Å². The van der Waals surface area contributed by atoms with Crippen LogP contribution in [0.15, 0.2) is 41.3 Å². The van der Waals surface area contributed by atoms with E-state index in [0.29, 0.717) is 24.0 Å². The van der Waals surface area contributed by atoms with E-state index in [2.05, 4.69) is 39.8 Å². The minimum Gasteiger partial charge on any atom is -0.337 e. The molecule has 0 saturated carbocycles. The molecule has 0 spiro atoms. The summed E-state index contributed by atoms with van der Waals surface area (Å²) in [4.78, 5) is 14.6. The van der Waals surface area contributed by atoms with Crippen LogP contribution >= 0.6 is 11.7 Å². The highest BCUT2D eigenvalue weighted by molar-refractivity contribution is 7.00. The van der Waals surface area contributed by atoms with E-state index in [-0.39, 0.29) is 0 Å². The minimum atomic E-state index is 0.446. The summed E-state index contributed by atoms with van der Waals surface area (Å²) < 4.78 is 13.8. The van der Waals surface area contributed by atoms with Crippen molar-refractivity contribution in [3.05, 3.63) is 48.2 Å². The highest BCUT2D eigenvalue weighted by Gasteiger charge is 2.12. The van der Waals surface area contributed by atoms with Crippen molar-refractivity contribution in [2.45, 2.75) is 13.1 Å². The standard InChI is InChI=1S/C15H13N7OS/c1-22(8-10-2-3-11-12(6-10)21-24-20-11)9-14-18-15(19-23-14)13-7-16-4-5-17-13/h2-7H,8-9H2,1H3. The maximum atomic E-state index is 5.29. The molecule has 0 amide bonds. The van der Waals surface area contributed by atoms with Gasteiger partial charge < -0.3 is 4.52 Å². The van der Waals surface area contributed by atoms with E-state index in [0.717, 1.165) is 23.1 Å². The molecular weight excluding hydrogens is 326 g/mol. The molecule has 0 radical (unpaired) electrons. The maximum Gasteiger partial charge on any atom is 0.241 e. The number of hydrogen-bond acceptors (Lipinski definition) is 9. The molecule has 0 bridgehead atoms. The van der Waals surface area contributed by atoms with Crippen LogP contribution in [-0.4, -0.2) is 40.8 Å². The average molecular weight is 339 g/mol. The van der Waals surface area contributed by atoms with Crippen molar-refractivity contribution in [3.8, 4) is 11.5 Å². The van der Waals surface area contributed by atoms with Crippen molar-refractivity contribution in [1.82, 2.24) is 33.8 Å². The van der Waals surface area contributed by atoms with Crippen LogP contribution in [0, 0.1) is 0 Å². The lowest BCUT2D eigenvalue weighted by molar-refractivity contribution is 0.261. The number of benzene rings is 1. The topological polar surface area (TPSA) is 93.7 Å². The Morgan fingerprint density at radius 2 is 2.04 bits per heavy atom. The molecule has 1 aromatic carbocycles. The Hall–Kier alpha value is -2.78. The number of aromatic nitrogens is 6. The quantitative estimate of drug-likeness (QED) is 0.546. The van der Waals surface area contributed by atoms with Crippen LogP contribution in [0.2, 0.25) is 0 Å². The molecule has 9 heteroatoms. The predicted octanol–water partition coefficient (Wildman–Crippen LogP) is 2.16. The highest BCUT2D eigenvalue weighted by atomic mass is 32.1. The highest BCUT2D eigenvalue weighted by Crippen LogP contribution is 2.16. The van der Waals surface area contributed by atoms with Gasteiger partial charge in [0, 0.05) is 18.9 Å². The van der Waals surface area contributed by atoms with Crippen LogP contribution < -0.4 is 0 Å². The molecule has 0 N–H and O–H groups in total. The SMILES string of the molecule is CN(Cc1ccc2nsnc2c1)Cc1nc(-c2cnccn2)no1. The molecule has 0 aliphatic carbocycles. The maximum absolute atomic E-state index is 5.29. The molecule has 3 aromatic heterocycles. The Kier molecular flexibility index (Phi) is 3.93. The first-order valence-electron chi connectivity index (χ1n) is 7.26. The molecule has 0 aliphatic heterocycles. The predicted molar refractivity (Wildman–Crippen MR) is 87.9 cm³/mol. The third-order valence-corrected chi connectivity index (χ3v) is 3.99. The molecule has 0 fully saturated rings. The molecule has 120 valence electrons. The fraction of sp³-hybridized carbons (Fsp3) is 0.200. The molecule has 4 aromatic rings. The van der Waals surface area contributed by atoms with Crippen LogP contribution in [0.25, 0.3) is 22.6 Å². The zero-order valence-corrected chi connectivity index (χ0v) is 13.6. The van der Waals surface area contributed by atoms with Gasteiger partial charge in [0.05, 0.1) is 24.5 Å². The average Bonchev–Trinajstić information content (AvgIpc) is 3.24. The number of rotatable bonds is 5. The molecule has 24 heavy (non-hydrogen) atoms. The van der Waals surface area contributed by atoms with Gasteiger partial charge in [-0.2, -0.15) is 13.7 Å². The molecule has 0 unspecified atom stereocenters. The van der Waals surface area contributed by atoms with Gasteiger partial charge in [0.25, 0.3) is 0 Å². The number of fused-ring (bicyclic) bond motifs is 1. The first kappa shape index (κ1) is 14.8. The van der Waals surface area contributed by atoms with Crippen molar-refractivity contribution in [2.75, 3.05) is 7.05 Å². The molecule has 4 rings (SSSR count). The Morgan fingerprint density at radius 1 is 1.12 bits per heavy atom. The molecule has 3 heterocycles. The Balaban J connectivity index is 1.44. The van der Waals surface area contributed by atoms with E-state index in [1.165, 1.54) is 11.7 Å². The van der Waals surface area contributed by atoms with E-state index in [1.54, 1.807) is 18.6 Å². The van der Waals surface area contributed by atoms with E-state index in [1.807, 2.05) is 19.2 Å². The minimum absolute atomic E-state index is 0.446. The van der Waals surface area contributed by atoms with Crippen LogP contribution in [0.1, 0.15) is 11.5 Å². The molecule has 0 atom stereocenters. The first-order valence-corrected chi connectivity index (χ1v) is 8.00. The van der Waals surface area contributed by atoms with Gasteiger partial charge in [0.1, 0.15) is 16.7 Å². The lowest BCUT2D eigenvalue weighted by atomic mass is 10.2. The third-order valence-electron chi connectivity index (χ3n) is 3.44. The van der Waals surface area contributed by atoms with Gasteiger partial charge in [-0.05, 0) is 24.7 Å². The van der Waals surface area contributed by atoms with Gasteiger partial charge in [-0.3, -0.25) is 9.88 Å². The summed E-state index contributed by atoms with van der Waals surface area (Å²) in [6.45, 7) is 1.29. The summed E-state index contributed by atoms with van der Waals surface area (Å²) >= 11 is 1.23. The second-order valence-corrected chi connectivity index (χ2v) is 5.89. The van der Waals surface area contributed by atoms with Crippen molar-refractivity contribution >= 4 is 22.8 Å². The normalized spacial score (nSPS) is 11.4. The van der Waals surface area contributed by atoms with Crippen LogP contribution in [0.3, 0.4) is 0 Å². The van der Waals surface area contributed by atoms with E-state index >= 15 is 0 Å². The monoisotopic (exact) mass is 339 g/mol. The van der Waals surface area contributed by atoms with Gasteiger partial charge in [0.15, 0.2) is 0 Å². The largest absolute Gasteiger partial charge is 0.337 e. The zero-order chi connectivity index (χ0) is 16.4. The van der Waals surface area contributed by atoms with Crippen LogP contribution in [0.5, 0.6) is 0 Å². The number of nitrogens with zero attached hydrogens (tertiary/aromatic N) is 7. The van der Waals surface area contributed by atoms with Gasteiger partial charge in [-0.15, -0.1) is 0 Å². The molecule has 8 nitrogen and oxygen atoms in total. The second-order valence-electron chi connectivity index (χ2n) is 5.36. The van der Waals surface area contributed by atoms with Crippen LogP contribution in [-0.2, 0) is 13.1 Å². The van der Waals surface area contributed by atoms with Gasteiger partial charge in [-0.25, -0.2) is 4.98 Å². The summed E-state index contributed by atoms with van der Waals surface area (Å²) in [5, 5.41) is 3.95. The smallest absolute Gasteiger partial charge is 0.241 e. The molecular formula is C15H13N7OS. The van der Waals surface area contributed by atoms with Gasteiger partial charge in [0.2, 0.25) is 11.7 Å². The number of hydrogen-bond donors (Lipinski definition) is 0. The first-order chi connectivity index (χ1) is 11.8. The molecule has 0 aliphatic rings. The van der Waals surface area contributed by atoms with Crippen molar-refractivity contribution in [3.63, 3.8) is 0 Å². The summed E-state index contributed by atoms with van der Waals surface area (Å²) in [5.41, 5.74) is 3.61. The van der Waals surface area contributed by atoms with E-state index < -0.39 is 0 Å². The lowest BCUT2D eigenvalue weighted by Crippen LogP contribution is -2.17. The van der Waals surface area contributed by atoms with E-state index in [4.69, 9.17) is 4.52 Å². The Morgan fingerprint density at radius 3 is 2.92 bits per heavy atom. The summed E-state index contributed by atoms with van der Waals surface area (Å²) in [6.07, 6.45) is 4.81. The van der Waals surface area contributed by atoms with Crippen molar-refractivity contribution in [2.24, 2.45) is 0 Å². The summed E-state index contributed by atoms with van der Waals surface area (Å²) in [7, 11) is 2.00. The van der Waals surface area contributed by atoms with Gasteiger partial charge in [-0.1, -0.05) is 11.2 Å². The fourth-order valence-corrected chi connectivity index (χ4v) is 2.88. The fourth-order valence-electron chi connectivity index (χ4n) is 2.36. The molecule has 0 saturated heterocycles. The van der Waals surface area contributed by atoms with Crippen LogP contribution in [0.4, 0.5) is 0 Å². The third kappa shape index (κ3) is 3.12. The second kappa shape index (κ2) is 6.38. The lowest BCUT2D eigenvalue weighted by Gasteiger charge is -2.13. The van der Waals surface area contributed by atoms with Crippen molar-refractivity contribution in [1.29, 1.82) is 0 Å². The Bertz CT molecular complexity index is 953. The summed E-state index contributed by atoms with van der Waals surface area (Å²) in [6, 6.07) is 6.09. The summed E-state index contributed by atoms with van der Waals surface area (Å²) in [5.74, 6) is 0.982.